The van der Waals surface area contributed by atoms with Gasteiger partial charge in [-0.3, -0.25) is 10.2 Å². The van der Waals surface area contributed by atoms with E-state index in [0.29, 0.717) is 23.2 Å². The van der Waals surface area contributed by atoms with Crippen molar-refractivity contribution in [3.8, 4) is 11.3 Å². The first kappa shape index (κ1) is 18.9. The normalized spacial score (nSPS) is 21.2. The minimum atomic E-state index is -0.345. The van der Waals surface area contributed by atoms with Crippen LogP contribution in [0.3, 0.4) is 0 Å². The van der Waals surface area contributed by atoms with E-state index in [4.69, 9.17) is 4.52 Å². The van der Waals surface area contributed by atoms with E-state index in [1.54, 1.807) is 18.2 Å². The van der Waals surface area contributed by atoms with Crippen molar-refractivity contribution in [2.45, 2.75) is 19.4 Å². The fourth-order valence-electron chi connectivity index (χ4n) is 3.97. The molecule has 1 aromatic heterocycles. The number of hydrogen-bond acceptors (Lipinski definition) is 5. The molecule has 3 heterocycles. The lowest BCUT2D eigenvalue weighted by Crippen LogP contribution is -2.51. The van der Waals surface area contributed by atoms with E-state index >= 15 is 0 Å². The van der Waals surface area contributed by atoms with E-state index in [2.05, 4.69) is 27.2 Å². The van der Waals surface area contributed by atoms with Gasteiger partial charge in [0.1, 0.15) is 5.82 Å². The quantitative estimate of drug-likeness (QED) is 0.874. The summed E-state index contributed by atoms with van der Waals surface area (Å²) in [6.07, 6.45) is 0.993. The summed E-state index contributed by atoms with van der Waals surface area (Å²) in [5, 5.41) is 6.68. The molecule has 0 saturated carbocycles. The zero-order chi connectivity index (χ0) is 19.5. The molecule has 1 atom stereocenters. The van der Waals surface area contributed by atoms with Crippen LogP contribution in [-0.4, -0.2) is 77.7 Å². The molecule has 0 radical (unpaired) electrons. The van der Waals surface area contributed by atoms with Crippen LogP contribution in [0.1, 0.15) is 13.3 Å². The van der Waals surface area contributed by atoms with Gasteiger partial charge in [0.25, 0.3) is 0 Å². The molecule has 150 valence electrons. The number of carbonyl (C=O) groups excluding carboxylic acids is 1. The van der Waals surface area contributed by atoms with Gasteiger partial charge in [0.2, 0.25) is 0 Å². The van der Waals surface area contributed by atoms with Crippen molar-refractivity contribution in [1.82, 2.24) is 19.9 Å². The summed E-state index contributed by atoms with van der Waals surface area (Å²) in [7, 11) is 0. The topological polar surface area (TPSA) is 64.8 Å². The first-order valence-corrected chi connectivity index (χ1v) is 9.87. The molecule has 2 saturated heterocycles. The van der Waals surface area contributed by atoms with Crippen LogP contribution >= 0.6 is 0 Å². The molecule has 1 N–H and O–H groups in total. The van der Waals surface area contributed by atoms with Gasteiger partial charge in [0, 0.05) is 56.9 Å². The molecule has 28 heavy (non-hydrogen) atoms. The van der Waals surface area contributed by atoms with Gasteiger partial charge in [-0.25, -0.2) is 9.18 Å². The molecule has 0 spiro atoms. The third-order valence-corrected chi connectivity index (χ3v) is 5.68. The Morgan fingerprint density at radius 2 is 2.07 bits per heavy atom. The van der Waals surface area contributed by atoms with Crippen LogP contribution in [0, 0.1) is 5.82 Å². The maximum Gasteiger partial charge on any atom is 0.323 e. The first-order valence-electron chi connectivity index (χ1n) is 9.87. The number of urea groups is 1. The van der Waals surface area contributed by atoms with E-state index in [9.17, 15) is 9.18 Å². The van der Waals surface area contributed by atoms with E-state index in [1.165, 1.54) is 12.1 Å². The summed E-state index contributed by atoms with van der Waals surface area (Å²) in [5.41, 5.74) is 0.584. The van der Waals surface area contributed by atoms with E-state index in [0.717, 1.165) is 52.2 Å². The molecule has 2 aliphatic heterocycles. The van der Waals surface area contributed by atoms with Gasteiger partial charge in [-0.2, -0.15) is 0 Å². The van der Waals surface area contributed by atoms with Crippen molar-refractivity contribution in [3.63, 3.8) is 0 Å². The van der Waals surface area contributed by atoms with Gasteiger partial charge < -0.3 is 14.3 Å². The van der Waals surface area contributed by atoms with Gasteiger partial charge in [-0.05, 0) is 25.1 Å². The fraction of sp³-hybridized carbons (Fsp3) is 0.500. The van der Waals surface area contributed by atoms with Crippen molar-refractivity contribution < 1.29 is 13.7 Å². The van der Waals surface area contributed by atoms with Gasteiger partial charge in [0.15, 0.2) is 11.6 Å². The van der Waals surface area contributed by atoms with Gasteiger partial charge in [-0.15, -0.1) is 0 Å². The van der Waals surface area contributed by atoms with Gasteiger partial charge >= 0.3 is 6.03 Å². The molecule has 8 heteroatoms. The monoisotopic (exact) mass is 387 g/mol. The average Bonchev–Trinajstić information content (AvgIpc) is 3.38. The number of likely N-dealkylation sites (N-methyl/N-ethyl adjacent to an activating group) is 1. The third kappa shape index (κ3) is 4.18. The summed E-state index contributed by atoms with van der Waals surface area (Å²) in [6.45, 7) is 9.08. The predicted octanol–water partition coefficient (Wildman–Crippen LogP) is 2.72. The molecule has 1 unspecified atom stereocenters. The van der Waals surface area contributed by atoms with Crippen molar-refractivity contribution in [1.29, 1.82) is 0 Å². The van der Waals surface area contributed by atoms with Crippen LogP contribution in [0.5, 0.6) is 0 Å². The molecule has 2 fully saturated rings. The SMILES string of the molecule is CCN1CCN(C2CCN(C(=O)Nc3cc(-c4cccc(F)c4)on3)C2)CC1. The Morgan fingerprint density at radius 1 is 1.25 bits per heavy atom. The Labute approximate surface area is 164 Å². The minimum Gasteiger partial charge on any atom is -0.354 e. The summed E-state index contributed by atoms with van der Waals surface area (Å²) in [5.74, 6) is 0.412. The second-order valence-corrected chi connectivity index (χ2v) is 7.38. The zero-order valence-corrected chi connectivity index (χ0v) is 16.1. The maximum absolute atomic E-state index is 13.4. The zero-order valence-electron chi connectivity index (χ0n) is 16.1. The van der Waals surface area contributed by atoms with Crippen molar-refractivity contribution in [2.75, 3.05) is 51.1 Å². The smallest absolute Gasteiger partial charge is 0.323 e. The first-order chi connectivity index (χ1) is 13.6. The van der Waals surface area contributed by atoms with Crippen LogP contribution in [0.15, 0.2) is 34.9 Å². The number of likely N-dealkylation sites (tertiary alicyclic amines) is 1. The van der Waals surface area contributed by atoms with Crippen molar-refractivity contribution >= 4 is 11.8 Å². The number of nitrogens with one attached hydrogen (secondary N) is 1. The number of halogens is 1. The van der Waals surface area contributed by atoms with Crippen LogP contribution in [0.25, 0.3) is 11.3 Å². The Kier molecular flexibility index (Phi) is 5.59. The number of piperazine rings is 1. The minimum absolute atomic E-state index is 0.172. The Hall–Kier alpha value is -2.45. The summed E-state index contributed by atoms with van der Waals surface area (Å²) in [6, 6.07) is 7.95. The lowest BCUT2D eigenvalue weighted by molar-refractivity contribution is 0.103. The van der Waals surface area contributed by atoms with E-state index in [1.807, 2.05) is 4.90 Å². The lowest BCUT2D eigenvalue weighted by Gasteiger charge is -2.37. The molecular weight excluding hydrogens is 361 g/mol. The number of anilines is 1. The fourth-order valence-corrected chi connectivity index (χ4v) is 3.97. The summed E-state index contributed by atoms with van der Waals surface area (Å²) < 4.78 is 18.6. The van der Waals surface area contributed by atoms with Crippen molar-refractivity contribution in [3.05, 3.63) is 36.1 Å². The standard InChI is InChI=1S/C20H26FN5O2/c1-2-24-8-10-25(11-9-24)17-6-7-26(14-17)20(27)22-19-13-18(28-23-19)15-4-3-5-16(21)12-15/h3-5,12-13,17H,2,6-11,14H2,1H3,(H,22,23,27). The number of nitrogens with zero attached hydrogens (tertiary/aromatic N) is 4. The second-order valence-electron chi connectivity index (χ2n) is 7.38. The molecule has 2 amide bonds. The molecule has 4 rings (SSSR count). The average molecular weight is 387 g/mol. The van der Waals surface area contributed by atoms with Crippen LogP contribution in [0.2, 0.25) is 0 Å². The Balaban J connectivity index is 1.31. The van der Waals surface area contributed by atoms with Crippen LogP contribution < -0.4 is 5.32 Å². The molecule has 1 aromatic carbocycles. The van der Waals surface area contributed by atoms with Crippen molar-refractivity contribution in [2.24, 2.45) is 0 Å². The molecule has 2 aromatic rings. The highest BCUT2D eigenvalue weighted by Crippen LogP contribution is 2.24. The number of hydrogen-bond donors (Lipinski definition) is 1. The summed E-state index contributed by atoms with van der Waals surface area (Å²) >= 11 is 0. The van der Waals surface area contributed by atoms with E-state index < -0.39 is 0 Å². The largest absolute Gasteiger partial charge is 0.354 e. The number of amides is 2. The summed E-state index contributed by atoms with van der Waals surface area (Å²) in [4.78, 5) is 19.4. The molecule has 7 nitrogen and oxygen atoms in total. The third-order valence-electron chi connectivity index (χ3n) is 5.68. The highest BCUT2D eigenvalue weighted by atomic mass is 19.1. The number of rotatable bonds is 4. The van der Waals surface area contributed by atoms with Crippen LogP contribution in [-0.2, 0) is 0 Å². The highest BCUT2D eigenvalue weighted by molar-refractivity contribution is 5.89. The molecule has 0 bridgehead atoms. The second kappa shape index (κ2) is 8.28. The number of benzene rings is 1. The predicted molar refractivity (Wildman–Crippen MR) is 105 cm³/mol. The Morgan fingerprint density at radius 3 is 2.82 bits per heavy atom. The molecular formula is C20H26FN5O2. The van der Waals surface area contributed by atoms with E-state index in [-0.39, 0.29) is 11.8 Å². The number of aromatic nitrogens is 1. The molecule has 2 aliphatic rings. The van der Waals surface area contributed by atoms with Gasteiger partial charge in [-0.1, -0.05) is 24.2 Å². The van der Waals surface area contributed by atoms with Crippen LogP contribution in [0.4, 0.5) is 15.0 Å². The Bertz CT molecular complexity index is 818. The number of carbonyl (C=O) groups is 1. The molecule has 0 aliphatic carbocycles. The highest BCUT2D eigenvalue weighted by Gasteiger charge is 2.32. The lowest BCUT2D eigenvalue weighted by atomic mass is 10.2. The maximum atomic E-state index is 13.4. The van der Waals surface area contributed by atoms with Gasteiger partial charge in [0.05, 0.1) is 0 Å².